The summed E-state index contributed by atoms with van der Waals surface area (Å²) in [6.45, 7) is 1.09. The van der Waals surface area contributed by atoms with Crippen molar-refractivity contribution in [3.63, 3.8) is 0 Å². The number of nitrogens with zero attached hydrogens (tertiary/aromatic N) is 1. The minimum Gasteiger partial charge on any atom is -0.445 e. The number of aliphatic hydroxyl groups is 1. The third-order valence-electron chi connectivity index (χ3n) is 8.21. The molecule has 50 heavy (non-hydrogen) atoms. The number of nitrogens with two attached hydrogens (primary N) is 2. The smallest absolute Gasteiger partial charge is 0.445 e. The molecular weight excluding hydrogens is 663 g/mol. The van der Waals surface area contributed by atoms with E-state index in [1.54, 1.807) is 84.9 Å². The summed E-state index contributed by atoms with van der Waals surface area (Å²) in [5.74, 6) is -2.21. The van der Waals surface area contributed by atoms with Gasteiger partial charge in [-0.05, 0) is 74.3 Å². The number of nitrogens with one attached hydrogen (secondary N) is 3. The summed E-state index contributed by atoms with van der Waals surface area (Å²) in [5, 5.41) is 17.5. The number of benzene rings is 3. The van der Waals surface area contributed by atoms with Gasteiger partial charge < -0.3 is 46.3 Å². The number of guanidine groups is 1. The van der Waals surface area contributed by atoms with Crippen molar-refractivity contribution in [3.8, 4) is 11.5 Å². The number of amides is 3. The summed E-state index contributed by atoms with van der Waals surface area (Å²) in [4.78, 5) is 43.3. The molecule has 0 aromatic heterocycles. The van der Waals surface area contributed by atoms with E-state index in [0.29, 0.717) is 32.2 Å². The standard InChI is InChI=1S/C35H45N6O8P/c1-24(39-32(44)30(22-42)40-35(45)47-23-26-11-5-2-6-12-26)31(43)41-33(27-19-17-25(18-20-27)21-38-34(36)37)50(46,48-28-13-7-3-8-14-28)49-29-15-9-4-10-16-29/h2-16,24-25,27,30,33,42H,17-23H2,1H3,(H,39,44)(H,40,45)(H,41,43)(H4,36,37,38)/t24-,25?,27?,30+,33-/m0/s1. The molecule has 268 valence electrons. The third-order valence-corrected chi connectivity index (χ3v) is 10.4. The summed E-state index contributed by atoms with van der Waals surface area (Å²) < 4.78 is 32.4. The second-order valence-corrected chi connectivity index (χ2v) is 14.0. The molecule has 1 aliphatic carbocycles. The van der Waals surface area contributed by atoms with Crippen LogP contribution in [-0.4, -0.2) is 60.0 Å². The first-order valence-electron chi connectivity index (χ1n) is 16.4. The van der Waals surface area contributed by atoms with E-state index in [1.807, 2.05) is 6.07 Å². The summed E-state index contributed by atoms with van der Waals surface area (Å²) in [5.41, 5.74) is 11.8. The molecule has 15 heteroatoms. The van der Waals surface area contributed by atoms with Crippen LogP contribution in [-0.2, 0) is 25.5 Å². The number of aliphatic imine (C=N–C) groups is 1. The Kier molecular flexibility index (Phi) is 14.1. The number of carbonyl (C=O) groups excluding carboxylic acids is 3. The molecule has 1 saturated carbocycles. The number of rotatable bonds is 16. The number of aliphatic hydroxyl groups excluding tert-OH is 1. The van der Waals surface area contributed by atoms with E-state index in [9.17, 15) is 24.1 Å². The predicted molar refractivity (Wildman–Crippen MR) is 188 cm³/mol. The van der Waals surface area contributed by atoms with Crippen molar-refractivity contribution in [1.82, 2.24) is 16.0 Å². The Labute approximate surface area is 291 Å². The lowest BCUT2D eigenvalue weighted by molar-refractivity contribution is -0.130. The normalized spacial score (nSPS) is 17.6. The number of para-hydroxylation sites is 2. The topological polar surface area (TPSA) is 217 Å². The summed E-state index contributed by atoms with van der Waals surface area (Å²) in [6, 6.07) is 23.4. The van der Waals surface area contributed by atoms with Crippen LogP contribution in [0.1, 0.15) is 38.2 Å². The Balaban J connectivity index is 1.50. The molecule has 0 spiro atoms. The number of hydrogen-bond donors (Lipinski definition) is 6. The van der Waals surface area contributed by atoms with Crippen LogP contribution >= 0.6 is 7.60 Å². The van der Waals surface area contributed by atoms with Gasteiger partial charge in [0.25, 0.3) is 0 Å². The highest BCUT2D eigenvalue weighted by Gasteiger charge is 2.47. The Morgan fingerprint density at radius 3 is 1.88 bits per heavy atom. The minimum atomic E-state index is -4.22. The maximum atomic E-state index is 15.0. The van der Waals surface area contributed by atoms with E-state index in [0.717, 1.165) is 5.56 Å². The van der Waals surface area contributed by atoms with Crippen molar-refractivity contribution in [2.24, 2.45) is 28.3 Å². The van der Waals surface area contributed by atoms with Crippen LogP contribution in [0, 0.1) is 11.8 Å². The van der Waals surface area contributed by atoms with Gasteiger partial charge >= 0.3 is 13.7 Å². The fourth-order valence-corrected chi connectivity index (χ4v) is 7.71. The monoisotopic (exact) mass is 708 g/mol. The first-order chi connectivity index (χ1) is 24.1. The fourth-order valence-electron chi connectivity index (χ4n) is 5.52. The van der Waals surface area contributed by atoms with Crippen molar-refractivity contribution >= 4 is 31.5 Å². The summed E-state index contributed by atoms with van der Waals surface area (Å²) in [7, 11) is -4.22. The average molecular weight is 709 g/mol. The van der Waals surface area contributed by atoms with Crippen molar-refractivity contribution in [3.05, 3.63) is 96.6 Å². The first kappa shape index (κ1) is 37.7. The molecule has 3 aromatic carbocycles. The van der Waals surface area contributed by atoms with Gasteiger partial charge in [0.1, 0.15) is 30.2 Å². The largest absolute Gasteiger partial charge is 0.453 e. The van der Waals surface area contributed by atoms with Gasteiger partial charge in [-0.2, -0.15) is 0 Å². The SMILES string of the molecule is C[C@H](NC(=O)[C@@H](CO)NC(=O)OCc1ccccc1)C(=O)N[C@H](C1CCC(CN=C(N)N)CC1)P(=O)(Oc1ccccc1)Oc1ccccc1. The molecule has 1 aliphatic rings. The molecule has 0 bridgehead atoms. The second kappa shape index (κ2) is 18.6. The van der Waals surface area contributed by atoms with Crippen LogP contribution in [0.25, 0.3) is 0 Å². The molecule has 0 radical (unpaired) electrons. The molecule has 4 rings (SSSR count). The van der Waals surface area contributed by atoms with Gasteiger partial charge in [-0.25, -0.2) is 9.36 Å². The van der Waals surface area contributed by atoms with E-state index >= 15 is 0 Å². The van der Waals surface area contributed by atoms with E-state index in [2.05, 4.69) is 20.9 Å². The highest BCUT2D eigenvalue weighted by Crippen LogP contribution is 2.56. The zero-order valence-corrected chi connectivity index (χ0v) is 28.7. The highest BCUT2D eigenvalue weighted by molar-refractivity contribution is 7.55. The number of carbonyl (C=O) groups is 3. The fraction of sp³-hybridized carbons (Fsp3) is 0.371. The van der Waals surface area contributed by atoms with Crippen molar-refractivity contribution < 1.29 is 37.8 Å². The molecule has 8 N–H and O–H groups in total. The number of ether oxygens (including phenoxy) is 1. The van der Waals surface area contributed by atoms with E-state index < -0.39 is 50.0 Å². The quantitative estimate of drug-likeness (QED) is 0.0721. The predicted octanol–water partition coefficient (Wildman–Crippen LogP) is 3.65. The molecule has 3 aromatic rings. The van der Waals surface area contributed by atoms with Gasteiger partial charge in [0.05, 0.1) is 6.61 Å². The zero-order valence-electron chi connectivity index (χ0n) is 27.9. The number of alkyl carbamates (subject to hydrolysis) is 1. The molecule has 3 atom stereocenters. The molecule has 0 aliphatic heterocycles. The van der Waals surface area contributed by atoms with Crippen molar-refractivity contribution in [2.75, 3.05) is 13.2 Å². The van der Waals surface area contributed by atoms with Gasteiger partial charge in [0.15, 0.2) is 11.7 Å². The van der Waals surface area contributed by atoms with E-state index in [4.69, 9.17) is 25.3 Å². The average Bonchev–Trinajstić information content (AvgIpc) is 3.12. The van der Waals surface area contributed by atoms with Gasteiger partial charge in [-0.1, -0.05) is 66.7 Å². The van der Waals surface area contributed by atoms with Crippen LogP contribution in [0.15, 0.2) is 96.0 Å². The van der Waals surface area contributed by atoms with Gasteiger partial charge in [0.2, 0.25) is 11.8 Å². The van der Waals surface area contributed by atoms with Crippen LogP contribution < -0.4 is 36.5 Å². The highest BCUT2D eigenvalue weighted by atomic mass is 31.2. The Bertz CT molecular complexity index is 1560. The van der Waals surface area contributed by atoms with Crippen LogP contribution in [0.2, 0.25) is 0 Å². The summed E-state index contributed by atoms with van der Waals surface area (Å²) in [6.07, 6.45) is 1.58. The van der Waals surface area contributed by atoms with Gasteiger partial charge in [0, 0.05) is 6.54 Å². The summed E-state index contributed by atoms with van der Waals surface area (Å²) >= 11 is 0. The van der Waals surface area contributed by atoms with Gasteiger partial charge in [-0.15, -0.1) is 0 Å². The zero-order chi connectivity index (χ0) is 35.9. The minimum absolute atomic E-state index is 0.00744. The molecule has 14 nitrogen and oxygen atoms in total. The Hall–Kier alpha value is -5.07. The maximum Gasteiger partial charge on any atom is 0.453 e. The van der Waals surface area contributed by atoms with Gasteiger partial charge in [-0.3, -0.25) is 14.6 Å². The van der Waals surface area contributed by atoms with Crippen molar-refractivity contribution in [1.29, 1.82) is 0 Å². The van der Waals surface area contributed by atoms with Crippen LogP contribution in [0.4, 0.5) is 4.79 Å². The maximum absolute atomic E-state index is 15.0. The molecular formula is C35H45N6O8P. The molecule has 1 fully saturated rings. The van der Waals surface area contributed by atoms with Crippen LogP contribution in [0.3, 0.4) is 0 Å². The third kappa shape index (κ3) is 11.5. The Morgan fingerprint density at radius 1 is 0.820 bits per heavy atom. The second-order valence-electron chi connectivity index (χ2n) is 12.0. The van der Waals surface area contributed by atoms with E-state index in [1.165, 1.54) is 6.92 Å². The van der Waals surface area contributed by atoms with E-state index in [-0.39, 0.29) is 35.9 Å². The first-order valence-corrected chi connectivity index (χ1v) is 18.0. The molecule has 0 unspecified atom stereocenters. The lowest BCUT2D eigenvalue weighted by Gasteiger charge is -2.37. The lowest BCUT2D eigenvalue weighted by Crippen LogP contribution is -2.56. The van der Waals surface area contributed by atoms with Crippen molar-refractivity contribution in [2.45, 2.75) is 57.1 Å². The molecule has 0 heterocycles. The van der Waals surface area contributed by atoms with Crippen LogP contribution in [0.5, 0.6) is 11.5 Å². The lowest BCUT2D eigenvalue weighted by atomic mass is 9.82. The number of hydrogen-bond acceptors (Lipinski definition) is 9. The Morgan fingerprint density at radius 2 is 1.36 bits per heavy atom. The molecule has 0 saturated heterocycles. The molecule has 3 amide bonds.